The zero-order valence-electron chi connectivity index (χ0n) is 16.6. The van der Waals surface area contributed by atoms with Crippen molar-refractivity contribution in [2.75, 3.05) is 32.7 Å². The predicted octanol–water partition coefficient (Wildman–Crippen LogP) is 2.69. The fraction of sp³-hybridized carbons (Fsp3) is 0.765. The van der Waals surface area contributed by atoms with Gasteiger partial charge < -0.3 is 10.2 Å². The molecule has 1 saturated heterocycles. The van der Waals surface area contributed by atoms with E-state index >= 15 is 0 Å². The first-order chi connectivity index (χ1) is 12.1. The third kappa shape index (κ3) is 5.97. The second kappa shape index (κ2) is 9.94. The summed E-state index contributed by atoms with van der Waals surface area (Å²) in [4.78, 5) is 8.21. The van der Waals surface area contributed by atoms with Crippen molar-refractivity contribution in [1.82, 2.24) is 24.9 Å². The molecule has 1 aromatic heterocycles. The fourth-order valence-corrected chi connectivity index (χ4v) is 3.15. The molecule has 2 heterocycles. The van der Waals surface area contributed by atoms with Crippen LogP contribution in [0.4, 0.5) is 13.2 Å². The molecule has 1 aliphatic heterocycles. The zero-order chi connectivity index (χ0) is 19.5. The molecule has 10 heteroatoms. The van der Waals surface area contributed by atoms with Crippen molar-refractivity contribution in [3.05, 3.63) is 17.0 Å². The maximum atomic E-state index is 12.9. The molecule has 0 bridgehead atoms. The maximum Gasteiger partial charge on any atom is 0.403 e. The lowest BCUT2D eigenvalue weighted by molar-refractivity contribution is -0.181. The van der Waals surface area contributed by atoms with E-state index in [1.165, 1.54) is 11.8 Å². The van der Waals surface area contributed by atoms with Gasteiger partial charge in [-0.05, 0) is 27.7 Å². The SMILES string of the molecule is CCNC(=NCc1c(C)nn(C)c1C)N1CCN(C(C)C(F)(F)F)CC1.I. The van der Waals surface area contributed by atoms with Crippen LogP contribution in [0.15, 0.2) is 4.99 Å². The molecule has 1 unspecified atom stereocenters. The molecule has 1 aromatic rings. The molecule has 1 N–H and O–H groups in total. The number of nitrogens with one attached hydrogen (secondary N) is 1. The Hall–Kier alpha value is -1.04. The van der Waals surface area contributed by atoms with E-state index in [4.69, 9.17) is 4.99 Å². The molecule has 27 heavy (non-hydrogen) atoms. The lowest BCUT2D eigenvalue weighted by atomic mass is 10.2. The van der Waals surface area contributed by atoms with Crippen LogP contribution in [0.1, 0.15) is 30.8 Å². The van der Waals surface area contributed by atoms with Gasteiger partial charge in [0.1, 0.15) is 6.04 Å². The van der Waals surface area contributed by atoms with Crippen LogP contribution in [-0.4, -0.2) is 70.5 Å². The Labute approximate surface area is 176 Å². The molecule has 1 fully saturated rings. The molecule has 0 aromatic carbocycles. The van der Waals surface area contributed by atoms with Gasteiger partial charge in [0.05, 0.1) is 12.2 Å². The van der Waals surface area contributed by atoms with E-state index in [1.807, 2.05) is 37.4 Å². The largest absolute Gasteiger partial charge is 0.403 e. The number of piperazine rings is 1. The Balaban J connectivity index is 0.00000364. The highest BCUT2D eigenvalue weighted by Crippen LogP contribution is 2.25. The first kappa shape index (κ1) is 24.0. The number of hydrogen-bond acceptors (Lipinski definition) is 3. The van der Waals surface area contributed by atoms with Crippen molar-refractivity contribution < 1.29 is 13.2 Å². The second-order valence-corrected chi connectivity index (χ2v) is 6.68. The minimum absolute atomic E-state index is 0. The van der Waals surface area contributed by atoms with Crippen LogP contribution < -0.4 is 5.32 Å². The van der Waals surface area contributed by atoms with Crippen molar-refractivity contribution >= 4 is 29.9 Å². The minimum Gasteiger partial charge on any atom is -0.357 e. The average Bonchev–Trinajstić information content (AvgIpc) is 2.83. The van der Waals surface area contributed by atoms with E-state index in [9.17, 15) is 13.2 Å². The Morgan fingerprint density at radius 2 is 1.81 bits per heavy atom. The van der Waals surface area contributed by atoms with Crippen molar-refractivity contribution in [1.29, 1.82) is 0 Å². The minimum atomic E-state index is -4.18. The summed E-state index contributed by atoms with van der Waals surface area (Å²) in [6.07, 6.45) is -4.18. The first-order valence-corrected chi connectivity index (χ1v) is 8.98. The Bertz CT molecular complexity index is 635. The van der Waals surface area contributed by atoms with Gasteiger partial charge in [-0.3, -0.25) is 9.58 Å². The van der Waals surface area contributed by atoms with E-state index in [1.54, 1.807) is 0 Å². The van der Waals surface area contributed by atoms with Crippen LogP contribution in [0.3, 0.4) is 0 Å². The molecular formula is C17H30F3IN6. The van der Waals surface area contributed by atoms with E-state index < -0.39 is 12.2 Å². The molecule has 0 aliphatic carbocycles. The molecule has 1 atom stereocenters. The summed E-state index contributed by atoms with van der Waals surface area (Å²) >= 11 is 0. The van der Waals surface area contributed by atoms with Crippen molar-refractivity contribution in [3.63, 3.8) is 0 Å². The third-order valence-electron chi connectivity index (χ3n) is 5.02. The van der Waals surface area contributed by atoms with Gasteiger partial charge >= 0.3 is 6.18 Å². The molecule has 0 radical (unpaired) electrons. The zero-order valence-corrected chi connectivity index (χ0v) is 18.9. The number of guanidine groups is 1. The predicted molar refractivity (Wildman–Crippen MR) is 112 cm³/mol. The van der Waals surface area contributed by atoms with Crippen LogP contribution in [-0.2, 0) is 13.6 Å². The number of aromatic nitrogens is 2. The van der Waals surface area contributed by atoms with E-state index in [-0.39, 0.29) is 24.0 Å². The number of hydrogen-bond donors (Lipinski definition) is 1. The van der Waals surface area contributed by atoms with Crippen LogP contribution in [0.25, 0.3) is 0 Å². The van der Waals surface area contributed by atoms with Gasteiger partial charge in [-0.15, -0.1) is 24.0 Å². The highest BCUT2D eigenvalue weighted by atomic mass is 127. The van der Waals surface area contributed by atoms with Crippen LogP contribution in [0.2, 0.25) is 0 Å². The monoisotopic (exact) mass is 502 g/mol. The lowest BCUT2D eigenvalue weighted by Gasteiger charge is -2.39. The molecule has 6 nitrogen and oxygen atoms in total. The van der Waals surface area contributed by atoms with Gasteiger partial charge in [0.25, 0.3) is 0 Å². The molecule has 0 spiro atoms. The van der Waals surface area contributed by atoms with Gasteiger partial charge in [-0.25, -0.2) is 4.99 Å². The van der Waals surface area contributed by atoms with Gasteiger partial charge in [0.2, 0.25) is 0 Å². The summed E-state index contributed by atoms with van der Waals surface area (Å²) in [7, 11) is 1.90. The summed E-state index contributed by atoms with van der Waals surface area (Å²) in [6, 6.07) is -1.41. The third-order valence-corrected chi connectivity index (χ3v) is 5.02. The topological polar surface area (TPSA) is 48.7 Å². The standard InChI is InChI=1S/C17H29F3N6.HI/c1-6-21-16(22-11-15-12(2)23-24(5)13(15)3)26-9-7-25(8-10-26)14(4)17(18,19)20;/h14H,6-11H2,1-5H3,(H,21,22);1H. The summed E-state index contributed by atoms with van der Waals surface area (Å²) in [5, 5.41) is 7.65. The van der Waals surface area contributed by atoms with Crippen LogP contribution >= 0.6 is 24.0 Å². The number of nitrogens with zero attached hydrogens (tertiary/aromatic N) is 5. The molecule has 0 saturated carbocycles. The second-order valence-electron chi connectivity index (χ2n) is 6.68. The molecular weight excluding hydrogens is 472 g/mol. The van der Waals surface area contributed by atoms with E-state index in [0.717, 1.165) is 22.9 Å². The van der Waals surface area contributed by atoms with Crippen molar-refractivity contribution in [3.8, 4) is 0 Å². The molecule has 0 amide bonds. The molecule has 2 rings (SSSR count). The Morgan fingerprint density at radius 1 is 1.22 bits per heavy atom. The fourth-order valence-electron chi connectivity index (χ4n) is 3.15. The van der Waals surface area contributed by atoms with Gasteiger partial charge in [-0.1, -0.05) is 0 Å². The van der Waals surface area contributed by atoms with Crippen molar-refractivity contribution in [2.45, 2.75) is 46.5 Å². The molecule has 156 valence electrons. The average molecular weight is 502 g/mol. The van der Waals surface area contributed by atoms with Gasteiger partial charge in [-0.2, -0.15) is 18.3 Å². The lowest BCUT2D eigenvalue weighted by Crippen LogP contribution is -2.56. The Morgan fingerprint density at radius 3 is 2.26 bits per heavy atom. The highest BCUT2D eigenvalue weighted by molar-refractivity contribution is 14.0. The smallest absolute Gasteiger partial charge is 0.357 e. The number of aryl methyl sites for hydroxylation is 2. The number of aliphatic imine (C=N–C) groups is 1. The number of rotatable bonds is 4. The van der Waals surface area contributed by atoms with E-state index in [0.29, 0.717) is 39.3 Å². The van der Waals surface area contributed by atoms with Crippen LogP contribution in [0, 0.1) is 13.8 Å². The highest BCUT2D eigenvalue weighted by Gasteiger charge is 2.41. The van der Waals surface area contributed by atoms with Crippen molar-refractivity contribution in [2.24, 2.45) is 12.0 Å². The summed E-state index contributed by atoms with van der Waals surface area (Å²) < 4.78 is 40.5. The summed E-state index contributed by atoms with van der Waals surface area (Å²) in [5.41, 5.74) is 3.12. The summed E-state index contributed by atoms with van der Waals surface area (Å²) in [5.74, 6) is 0.745. The number of alkyl halides is 3. The maximum absolute atomic E-state index is 12.9. The summed E-state index contributed by atoms with van der Waals surface area (Å²) in [6.45, 7) is 10.2. The van der Waals surface area contributed by atoms with Gasteiger partial charge in [0.15, 0.2) is 5.96 Å². The Kier molecular flexibility index (Phi) is 8.84. The first-order valence-electron chi connectivity index (χ1n) is 8.98. The number of halogens is 4. The van der Waals surface area contributed by atoms with E-state index in [2.05, 4.69) is 10.4 Å². The normalized spacial score (nSPS) is 17.6. The van der Waals surface area contributed by atoms with Gasteiger partial charge in [0, 0.05) is 51.0 Å². The molecule has 1 aliphatic rings. The quantitative estimate of drug-likeness (QED) is 0.391. The van der Waals surface area contributed by atoms with Crippen LogP contribution in [0.5, 0.6) is 0 Å².